The van der Waals surface area contributed by atoms with Gasteiger partial charge in [-0.05, 0) is 49.3 Å². The molecule has 0 aromatic heterocycles. The van der Waals surface area contributed by atoms with Crippen molar-refractivity contribution in [2.24, 2.45) is 22.4 Å². The van der Waals surface area contributed by atoms with Gasteiger partial charge in [0, 0.05) is 6.54 Å². The smallest absolute Gasteiger partial charge is 0.249 e. The number of nitrogens with one attached hydrogen (secondary N) is 2. The Balaban J connectivity index is 2.65. The molecule has 0 spiro atoms. The minimum absolute atomic E-state index is 0.0415. The zero-order valence-corrected chi connectivity index (χ0v) is 18.7. The highest BCUT2D eigenvalue weighted by Gasteiger charge is 2.29. The summed E-state index contributed by atoms with van der Waals surface area (Å²) in [6, 6.07) is 4.86. The molecule has 1 aromatic rings. The van der Waals surface area contributed by atoms with Crippen molar-refractivity contribution in [1.29, 1.82) is 0 Å². The number of rotatable bonds is 14. The second-order valence-electron chi connectivity index (χ2n) is 7.79. The summed E-state index contributed by atoms with van der Waals surface area (Å²) in [5.41, 5.74) is 11.4. The van der Waals surface area contributed by atoms with E-state index in [4.69, 9.17) is 11.5 Å². The molecular weight excluding hydrogens is 414 g/mol. The van der Waals surface area contributed by atoms with E-state index < -0.39 is 30.0 Å². The molecule has 1 rings (SSSR count). The first-order chi connectivity index (χ1) is 15.2. The number of amides is 2. The van der Waals surface area contributed by atoms with Gasteiger partial charge in [0.1, 0.15) is 24.2 Å². The summed E-state index contributed by atoms with van der Waals surface area (Å²) in [5, 5.41) is 24.8. The average Bonchev–Trinajstić information content (AvgIpc) is 2.77. The van der Waals surface area contributed by atoms with E-state index in [-0.39, 0.29) is 24.0 Å². The normalized spacial score (nSPS) is 14.5. The van der Waals surface area contributed by atoms with E-state index in [9.17, 15) is 24.6 Å². The molecule has 0 aliphatic heterocycles. The van der Waals surface area contributed by atoms with Crippen LogP contribution in [0.15, 0.2) is 29.3 Å². The van der Waals surface area contributed by atoms with E-state index in [1.54, 1.807) is 12.1 Å². The first-order valence-electron chi connectivity index (χ1n) is 10.7. The van der Waals surface area contributed by atoms with E-state index in [2.05, 4.69) is 15.6 Å². The van der Waals surface area contributed by atoms with Gasteiger partial charge in [-0.15, -0.1) is 0 Å². The summed E-state index contributed by atoms with van der Waals surface area (Å²) >= 11 is 0. The summed E-state index contributed by atoms with van der Waals surface area (Å²) in [6.07, 6.45) is 1.38. The Morgan fingerprint density at radius 3 is 2.34 bits per heavy atom. The van der Waals surface area contributed by atoms with Crippen LogP contribution in [0.5, 0.6) is 5.75 Å². The molecular formula is C22H35N5O5. The third kappa shape index (κ3) is 9.78. The number of aromatic hydroxyl groups is 1. The number of nitrogens with two attached hydrogens (primary N) is 2. The fourth-order valence-corrected chi connectivity index (χ4v) is 3.01. The van der Waals surface area contributed by atoms with Crippen LogP contribution < -0.4 is 22.1 Å². The van der Waals surface area contributed by atoms with Crippen LogP contribution in [0.4, 0.5) is 0 Å². The molecule has 0 heterocycles. The van der Waals surface area contributed by atoms with Crippen LogP contribution in [0, 0.1) is 5.92 Å². The summed E-state index contributed by atoms with van der Waals surface area (Å²) in [7, 11) is 0. The van der Waals surface area contributed by atoms with Gasteiger partial charge in [0.15, 0.2) is 5.96 Å². The zero-order chi connectivity index (χ0) is 24.1. The first kappa shape index (κ1) is 26.9. The summed E-state index contributed by atoms with van der Waals surface area (Å²) in [5.74, 6) is -1.26. The Morgan fingerprint density at radius 2 is 1.78 bits per heavy atom. The predicted molar refractivity (Wildman–Crippen MR) is 122 cm³/mol. The number of aliphatic imine (C=N–C) groups is 1. The SMILES string of the molecule is CC[C@@H](C)[C@H](NC(=O)C(O)CCc1ccc(O)cc1)C(=O)N[C@H](C=O)CCCN=C(N)N. The molecule has 8 N–H and O–H groups in total. The van der Waals surface area contributed by atoms with Gasteiger partial charge in [0.2, 0.25) is 11.8 Å². The van der Waals surface area contributed by atoms with Crippen molar-refractivity contribution in [1.82, 2.24) is 10.6 Å². The molecule has 0 fully saturated rings. The summed E-state index contributed by atoms with van der Waals surface area (Å²) in [6.45, 7) is 4.02. The zero-order valence-electron chi connectivity index (χ0n) is 18.7. The minimum Gasteiger partial charge on any atom is -0.508 e. The van der Waals surface area contributed by atoms with Crippen molar-refractivity contribution in [3.63, 3.8) is 0 Å². The molecule has 0 aliphatic carbocycles. The number of benzene rings is 1. The molecule has 32 heavy (non-hydrogen) atoms. The van der Waals surface area contributed by atoms with Crippen LogP contribution in [0.3, 0.4) is 0 Å². The number of guanidine groups is 1. The second kappa shape index (κ2) is 14.0. The largest absolute Gasteiger partial charge is 0.508 e. The highest BCUT2D eigenvalue weighted by Crippen LogP contribution is 2.13. The summed E-state index contributed by atoms with van der Waals surface area (Å²) in [4.78, 5) is 40.5. The Bertz CT molecular complexity index is 764. The van der Waals surface area contributed by atoms with Gasteiger partial charge in [0.05, 0.1) is 6.04 Å². The van der Waals surface area contributed by atoms with E-state index in [0.717, 1.165) is 5.56 Å². The van der Waals surface area contributed by atoms with Crippen LogP contribution in [-0.4, -0.2) is 59.0 Å². The van der Waals surface area contributed by atoms with Crippen molar-refractivity contribution in [3.05, 3.63) is 29.8 Å². The van der Waals surface area contributed by atoms with Gasteiger partial charge >= 0.3 is 0 Å². The Kier molecular flexibility index (Phi) is 11.8. The lowest BCUT2D eigenvalue weighted by molar-refractivity contribution is -0.135. The predicted octanol–water partition coefficient (Wildman–Crippen LogP) is -0.0461. The number of nitrogens with zero attached hydrogens (tertiary/aromatic N) is 1. The van der Waals surface area contributed by atoms with Gasteiger partial charge in [-0.2, -0.15) is 0 Å². The second-order valence-corrected chi connectivity index (χ2v) is 7.79. The Labute approximate surface area is 188 Å². The van der Waals surface area contributed by atoms with Crippen LogP contribution in [-0.2, 0) is 20.8 Å². The van der Waals surface area contributed by atoms with Gasteiger partial charge in [-0.1, -0.05) is 32.4 Å². The third-order valence-corrected chi connectivity index (χ3v) is 5.20. The van der Waals surface area contributed by atoms with Gasteiger partial charge in [-0.25, -0.2) is 0 Å². The number of aliphatic hydroxyl groups excluding tert-OH is 1. The van der Waals surface area contributed by atoms with E-state index in [1.807, 2.05) is 13.8 Å². The molecule has 0 saturated heterocycles. The van der Waals surface area contributed by atoms with Crippen molar-refractivity contribution < 1.29 is 24.6 Å². The quantitative estimate of drug-likeness (QED) is 0.0996. The lowest BCUT2D eigenvalue weighted by atomic mass is 9.97. The van der Waals surface area contributed by atoms with Gasteiger partial charge in [-0.3, -0.25) is 14.6 Å². The molecule has 0 radical (unpaired) electrons. The maximum Gasteiger partial charge on any atom is 0.249 e. The number of aldehydes is 1. The maximum absolute atomic E-state index is 12.8. The number of hydrogen-bond acceptors (Lipinski definition) is 6. The fraction of sp³-hybridized carbons (Fsp3) is 0.545. The molecule has 0 bridgehead atoms. The number of carbonyl (C=O) groups excluding carboxylic acids is 3. The van der Waals surface area contributed by atoms with E-state index in [0.29, 0.717) is 38.5 Å². The van der Waals surface area contributed by atoms with Crippen molar-refractivity contribution in [3.8, 4) is 5.75 Å². The minimum atomic E-state index is -1.30. The Morgan fingerprint density at radius 1 is 1.12 bits per heavy atom. The van der Waals surface area contributed by atoms with Crippen LogP contribution in [0.1, 0.15) is 45.1 Å². The average molecular weight is 450 g/mol. The number of phenolic OH excluding ortho intramolecular Hbond substituents is 1. The molecule has 10 nitrogen and oxygen atoms in total. The van der Waals surface area contributed by atoms with Crippen LogP contribution in [0.25, 0.3) is 0 Å². The first-order valence-corrected chi connectivity index (χ1v) is 10.7. The number of hydrogen-bond donors (Lipinski definition) is 6. The third-order valence-electron chi connectivity index (χ3n) is 5.20. The maximum atomic E-state index is 12.8. The molecule has 10 heteroatoms. The van der Waals surface area contributed by atoms with E-state index >= 15 is 0 Å². The molecule has 0 aliphatic rings. The topological polar surface area (TPSA) is 180 Å². The lowest BCUT2D eigenvalue weighted by Crippen LogP contribution is -2.54. The molecule has 1 aromatic carbocycles. The van der Waals surface area contributed by atoms with E-state index in [1.165, 1.54) is 12.1 Å². The number of aliphatic hydroxyl groups is 1. The molecule has 2 amide bonds. The standard InChI is InChI=1S/C22H35N5O5/c1-3-14(2)19(21(32)26-16(13-28)5-4-12-25-22(23)24)27-20(31)18(30)11-8-15-6-9-17(29)10-7-15/h6-7,9-10,13-14,16,18-19,29-30H,3-5,8,11-12H2,1-2H3,(H,26,32)(H,27,31)(H4,23,24,25)/t14-,16+,18?,19+/m1/s1. The van der Waals surface area contributed by atoms with Gasteiger partial charge in [0.25, 0.3) is 0 Å². The van der Waals surface area contributed by atoms with Crippen LogP contribution in [0.2, 0.25) is 0 Å². The molecule has 0 saturated carbocycles. The number of aryl methyl sites for hydroxylation is 1. The molecule has 1 unspecified atom stereocenters. The van der Waals surface area contributed by atoms with Crippen molar-refractivity contribution >= 4 is 24.1 Å². The van der Waals surface area contributed by atoms with Crippen molar-refractivity contribution in [2.75, 3.05) is 6.54 Å². The molecule has 178 valence electrons. The monoisotopic (exact) mass is 449 g/mol. The lowest BCUT2D eigenvalue weighted by Gasteiger charge is -2.26. The fourth-order valence-electron chi connectivity index (χ4n) is 3.01. The van der Waals surface area contributed by atoms with Gasteiger partial charge < -0.3 is 37.1 Å². The highest BCUT2D eigenvalue weighted by atomic mass is 16.3. The number of carbonyl (C=O) groups is 3. The van der Waals surface area contributed by atoms with Crippen LogP contribution >= 0.6 is 0 Å². The van der Waals surface area contributed by atoms with Crippen molar-refractivity contribution in [2.45, 2.75) is 64.1 Å². The number of phenols is 1. The highest BCUT2D eigenvalue weighted by molar-refractivity contribution is 5.90. The Hall–Kier alpha value is -3.14. The summed E-state index contributed by atoms with van der Waals surface area (Å²) < 4.78 is 0. The molecule has 4 atom stereocenters.